The van der Waals surface area contributed by atoms with E-state index in [0.29, 0.717) is 23.4 Å². The summed E-state index contributed by atoms with van der Waals surface area (Å²) in [5.41, 5.74) is -0.716. The molecule has 0 unspecified atom stereocenters. The summed E-state index contributed by atoms with van der Waals surface area (Å²) in [6, 6.07) is 9.19. The van der Waals surface area contributed by atoms with Crippen molar-refractivity contribution in [2.24, 2.45) is 0 Å². The van der Waals surface area contributed by atoms with Crippen molar-refractivity contribution in [2.45, 2.75) is 39.3 Å². The molecule has 0 saturated heterocycles. The van der Waals surface area contributed by atoms with Crippen LogP contribution in [0.3, 0.4) is 0 Å². The maximum Gasteiger partial charge on any atom is 0.331 e. The molecular weight excluding hydrogens is 380 g/mol. The van der Waals surface area contributed by atoms with E-state index < -0.39 is 35.3 Å². The van der Waals surface area contributed by atoms with Gasteiger partial charge in [-0.05, 0) is 30.7 Å². The number of aromatic nitrogens is 2. The minimum atomic E-state index is -0.826. The van der Waals surface area contributed by atoms with Gasteiger partial charge in [-0.25, -0.2) is 13.6 Å². The normalized spacial score (nSPS) is 11.0. The van der Waals surface area contributed by atoms with E-state index in [-0.39, 0.29) is 12.2 Å². The summed E-state index contributed by atoms with van der Waals surface area (Å²) in [7, 11) is 0. The van der Waals surface area contributed by atoms with Crippen LogP contribution in [0, 0.1) is 11.6 Å². The number of carbonyl (C=O) groups excluding carboxylic acids is 1. The third-order valence-electron chi connectivity index (χ3n) is 4.57. The van der Waals surface area contributed by atoms with Crippen molar-refractivity contribution in [1.29, 1.82) is 0 Å². The molecule has 3 rings (SSSR count). The molecule has 2 aromatic carbocycles. The fourth-order valence-corrected chi connectivity index (χ4v) is 3.21. The van der Waals surface area contributed by atoms with Crippen LogP contribution in [-0.2, 0) is 17.9 Å². The summed E-state index contributed by atoms with van der Waals surface area (Å²) >= 11 is 0. The van der Waals surface area contributed by atoms with Crippen molar-refractivity contribution in [3.05, 3.63) is 74.9 Å². The number of hydrogen-bond donors (Lipinski definition) is 1. The molecule has 29 heavy (non-hydrogen) atoms. The molecule has 0 atom stereocenters. The maximum absolute atomic E-state index is 13.3. The van der Waals surface area contributed by atoms with Gasteiger partial charge in [-0.1, -0.05) is 31.9 Å². The SMILES string of the molecule is CCCCCn1c(=O)c2ccccc2n(CC(=O)Nc2cc(F)cc(F)c2)c1=O. The number of anilines is 1. The third kappa shape index (κ3) is 4.59. The smallest absolute Gasteiger partial charge is 0.324 e. The van der Waals surface area contributed by atoms with E-state index >= 15 is 0 Å². The van der Waals surface area contributed by atoms with Crippen LogP contribution in [0.2, 0.25) is 0 Å². The molecule has 3 aromatic rings. The minimum absolute atomic E-state index is 0.0545. The fourth-order valence-electron chi connectivity index (χ4n) is 3.21. The Balaban J connectivity index is 1.98. The summed E-state index contributed by atoms with van der Waals surface area (Å²) in [6.07, 6.45) is 2.46. The van der Waals surface area contributed by atoms with Crippen LogP contribution in [0.1, 0.15) is 26.2 Å². The van der Waals surface area contributed by atoms with Crippen molar-refractivity contribution >= 4 is 22.5 Å². The highest BCUT2D eigenvalue weighted by molar-refractivity contribution is 5.91. The minimum Gasteiger partial charge on any atom is -0.324 e. The van der Waals surface area contributed by atoms with E-state index in [2.05, 4.69) is 5.32 Å². The monoisotopic (exact) mass is 401 g/mol. The van der Waals surface area contributed by atoms with Crippen molar-refractivity contribution in [2.75, 3.05) is 5.32 Å². The van der Waals surface area contributed by atoms with Crippen molar-refractivity contribution in [3.8, 4) is 0 Å². The number of carbonyl (C=O) groups is 1. The van der Waals surface area contributed by atoms with Crippen LogP contribution >= 0.6 is 0 Å². The van der Waals surface area contributed by atoms with Crippen molar-refractivity contribution < 1.29 is 13.6 Å². The van der Waals surface area contributed by atoms with E-state index in [1.807, 2.05) is 6.92 Å². The van der Waals surface area contributed by atoms with Gasteiger partial charge in [0.2, 0.25) is 5.91 Å². The van der Waals surface area contributed by atoms with Gasteiger partial charge in [-0.3, -0.25) is 18.7 Å². The Morgan fingerprint density at radius 1 is 1.00 bits per heavy atom. The number of nitrogens with zero attached hydrogens (tertiary/aromatic N) is 2. The lowest BCUT2D eigenvalue weighted by molar-refractivity contribution is -0.116. The van der Waals surface area contributed by atoms with Crippen molar-refractivity contribution in [1.82, 2.24) is 9.13 Å². The van der Waals surface area contributed by atoms with Gasteiger partial charge in [-0.2, -0.15) is 0 Å². The van der Waals surface area contributed by atoms with Crippen LogP contribution in [-0.4, -0.2) is 15.0 Å². The Kier molecular flexibility index (Phi) is 6.21. The molecule has 0 saturated carbocycles. The van der Waals surface area contributed by atoms with Gasteiger partial charge < -0.3 is 5.32 Å². The zero-order chi connectivity index (χ0) is 21.0. The molecule has 1 heterocycles. The second-order valence-electron chi connectivity index (χ2n) is 6.76. The lowest BCUT2D eigenvalue weighted by atomic mass is 10.2. The van der Waals surface area contributed by atoms with Crippen molar-refractivity contribution in [3.63, 3.8) is 0 Å². The highest BCUT2D eigenvalue weighted by Gasteiger charge is 2.15. The molecule has 1 aromatic heterocycles. The average molecular weight is 401 g/mol. The summed E-state index contributed by atoms with van der Waals surface area (Å²) < 4.78 is 29.0. The summed E-state index contributed by atoms with van der Waals surface area (Å²) in [4.78, 5) is 38.1. The predicted octanol–water partition coefficient (Wildman–Crippen LogP) is 3.27. The molecule has 0 aliphatic rings. The average Bonchev–Trinajstić information content (AvgIpc) is 2.67. The van der Waals surface area contributed by atoms with Gasteiger partial charge in [0.15, 0.2) is 0 Å². The van der Waals surface area contributed by atoms with Gasteiger partial charge in [0.1, 0.15) is 18.2 Å². The van der Waals surface area contributed by atoms with E-state index in [1.54, 1.807) is 24.3 Å². The summed E-state index contributed by atoms with van der Waals surface area (Å²) in [5.74, 6) is -2.29. The summed E-state index contributed by atoms with van der Waals surface area (Å²) in [6.45, 7) is 1.87. The first kappa shape index (κ1) is 20.4. The van der Waals surface area contributed by atoms with Gasteiger partial charge in [-0.15, -0.1) is 0 Å². The largest absolute Gasteiger partial charge is 0.331 e. The Morgan fingerprint density at radius 3 is 2.38 bits per heavy atom. The van der Waals surface area contributed by atoms with Gasteiger partial charge in [0.25, 0.3) is 5.56 Å². The lowest BCUT2D eigenvalue weighted by Crippen LogP contribution is -2.41. The number of amides is 1. The zero-order valence-corrected chi connectivity index (χ0v) is 16.0. The first-order chi connectivity index (χ1) is 13.9. The zero-order valence-electron chi connectivity index (χ0n) is 16.0. The molecule has 6 nitrogen and oxygen atoms in total. The first-order valence-electron chi connectivity index (χ1n) is 9.39. The quantitative estimate of drug-likeness (QED) is 0.618. The van der Waals surface area contributed by atoms with Gasteiger partial charge in [0, 0.05) is 18.3 Å². The number of para-hydroxylation sites is 1. The number of unbranched alkanes of at least 4 members (excludes halogenated alkanes) is 2. The highest BCUT2D eigenvalue weighted by atomic mass is 19.1. The molecule has 0 aliphatic carbocycles. The third-order valence-corrected chi connectivity index (χ3v) is 4.57. The molecule has 8 heteroatoms. The molecule has 0 fully saturated rings. The lowest BCUT2D eigenvalue weighted by Gasteiger charge is -2.14. The Hall–Kier alpha value is -3.29. The van der Waals surface area contributed by atoms with E-state index in [1.165, 1.54) is 4.57 Å². The van der Waals surface area contributed by atoms with E-state index in [9.17, 15) is 23.2 Å². The number of rotatable bonds is 7. The number of hydrogen-bond acceptors (Lipinski definition) is 3. The first-order valence-corrected chi connectivity index (χ1v) is 9.39. The Morgan fingerprint density at radius 2 is 1.69 bits per heavy atom. The topological polar surface area (TPSA) is 73.1 Å². The fraction of sp³-hybridized carbons (Fsp3) is 0.286. The standard InChI is InChI=1S/C21H21F2N3O3/c1-2-3-6-9-25-20(28)17-7-4-5-8-18(17)26(21(25)29)13-19(27)24-16-11-14(22)10-15(23)12-16/h4-5,7-8,10-12H,2-3,6,9,13H2,1H3,(H,24,27). The second-order valence-corrected chi connectivity index (χ2v) is 6.76. The summed E-state index contributed by atoms with van der Waals surface area (Å²) in [5, 5.41) is 2.71. The van der Waals surface area contributed by atoms with Crippen LogP contribution in [0.5, 0.6) is 0 Å². The number of nitrogens with one attached hydrogen (secondary N) is 1. The van der Waals surface area contributed by atoms with Gasteiger partial charge >= 0.3 is 5.69 Å². The maximum atomic E-state index is 13.3. The predicted molar refractivity (Wildman–Crippen MR) is 107 cm³/mol. The molecule has 152 valence electrons. The van der Waals surface area contributed by atoms with E-state index in [0.717, 1.165) is 29.5 Å². The second kappa shape index (κ2) is 8.81. The number of halogens is 2. The molecular formula is C21H21F2N3O3. The van der Waals surface area contributed by atoms with Crippen LogP contribution in [0.4, 0.5) is 14.5 Å². The molecule has 0 spiro atoms. The number of benzene rings is 2. The molecule has 1 N–H and O–H groups in total. The van der Waals surface area contributed by atoms with Crippen LogP contribution in [0.15, 0.2) is 52.1 Å². The highest BCUT2D eigenvalue weighted by Crippen LogP contribution is 2.13. The van der Waals surface area contributed by atoms with Gasteiger partial charge in [0.05, 0.1) is 10.9 Å². The Bertz CT molecular complexity index is 1150. The van der Waals surface area contributed by atoms with Crippen LogP contribution < -0.4 is 16.6 Å². The molecule has 0 radical (unpaired) electrons. The molecule has 0 aliphatic heterocycles. The Labute approximate surface area is 165 Å². The number of fused-ring (bicyclic) bond motifs is 1. The molecule has 0 bridgehead atoms. The van der Waals surface area contributed by atoms with E-state index in [4.69, 9.17) is 0 Å². The van der Waals surface area contributed by atoms with Crippen LogP contribution in [0.25, 0.3) is 10.9 Å². The molecule has 1 amide bonds.